The number of amides is 2. The van der Waals surface area contributed by atoms with Crippen LogP contribution in [0.4, 0.5) is 11.4 Å². The fourth-order valence-electron chi connectivity index (χ4n) is 3.76. The van der Waals surface area contributed by atoms with Gasteiger partial charge in [-0.25, -0.2) is 0 Å². The minimum atomic E-state index is -0.377. The molecule has 2 amide bonds. The summed E-state index contributed by atoms with van der Waals surface area (Å²) < 4.78 is 15.6. The number of piperazine rings is 1. The van der Waals surface area contributed by atoms with Gasteiger partial charge in [0.15, 0.2) is 10.9 Å². The highest BCUT2D eigenvalue weighted by atomic mass is 32.1. The second-order valence-electron chi connectivity index (χ2n) is 7.81. The van der Waals surface area contributed by atoms with Gasteiger partial charge in [0.05, 0.1) is 20.5 Å². The molecule has 0 saturated carbocycles. The van der Waals surface area contributed by atoms with E-state index in [1.54, 1.807) is 35.2 Å². The molecule has 35 heavy (non-hydrogen) atoms. The van der Waals surface area contributed by atoms with Crippen molar-refractivity contribution >= 4 is 40.5 Å². The number of ether oxygens (including phenoxy) is 2. The van der Waals surface area contributed by atoms with Gasteiger partial charge in [-0.3, -0.25) is 14.9 Å². The van der Waals surface area contributed by atoms with Gasteiger partial charge in [0.25, 0.3) is 11.8 Å². The lowest BCUT2D eigenvalue weighted by Gasteiger charge is -2.35. The van der Waals surface area contributed by atoms with Crippen LogP contribution in [0.15, 0.2) is 65.3 Å². The number of benzene rings is 2. The summed E-state index contributed by atoms with van der Waals surface area (Å²) >= 11 is 5.30. The number of carbonyl (C=O) groups is 2. The molecule has 1 aliphatic rings. The molecule has 0 radical (unpaired) electrons. The van der Waals surface area contributed by atoms with Crippen LogP contribution in [-0.4, -0.2) is 62.2 Å². The predicted octanol–water partition coefficient (Wildman–Crippen LogP) is 3.39. The maximum atomic E-state index is 12.6. The quantitative estimate of drug-likeness (QED) is 0.504. The summed E-state index contributed by atoms with van der Waals surface area (Å²) in [7, 11) is 3.04. The number of anilines is 2. The van der Waals surface area contributed by atoms with Crippen LogP contribution in [0.3, 0.4) is 0 Å². The van der Waals surface area contributed by atoms with Gasteiger partial charge in [-0.2, -0.15) is 0 Å². The molecule has 1 aliphatic heterocycles. The average molecular weight is 495 g/mol. The minimum Gasteiger partial charge on any atom is -0.497 e. The van der Waals surface area contributed by atoms with Crippen LogP contribution in [0.2, 0.25) is 0 Å². The first kappa shape index (κ1) is 24.1. The summed E-state index contributed by atoms with van der Waals surface area (Å²) in [6.07, 6.45) is 1.51. The van der Waals surface area contributed by atoms with Gasteiger partial charge in [-0.05, 0) is 60.7 Å². The molecule has 2 aromatic carbocycles. The van der Waals surface area contributed by atoms with Gasteiger partial charge in [0.1, 0.15) is 11.5 Å². The highest BCUT2D eigenvalue weighted by molar-refractivity contribution is 7.80. The molecule has 182 valence electrons. The van der Waals surface area contributed by atoms with Gasteiger partial charge in [-0.1, -0.05) is 0 Å². The number of nitrogens with one attached hydrogen (secondary N) is 2. The minimum absolute atomic E-state index is 0.0860. The van der Waals surface area contributed by atoms with Crippen LogP contribution >= 0.6 is 12.2 Å². The van der Waals surface area contributed by atoms with Gasteiger partial charge in [0, 0.05) is 49.2 Å². The molecule has 2 heterocycles. The second kappa shape index (κ2) is 10.9. The third kappa shape index (κ3) is 5.90. The highest BCUT2D eigenvalue weighted by Crippen LogP contribution is 2.23. The van der Waals surface area contributed by atoms with Crippen molar-refractivity contribution in [3.63, 3.8) is 0 Å². The van der Waals surface area contributed by atoms with Crippen LogP contribution in [0.25, 0.3) is 0 Å². The lowest BCUT2D eigenvalue weighted by atomic mass is 10.2. The Bertz CT molecular complexity index is 1170. The van der Waals surface area contributed by atoms with Crippen LogP contribution in [0.1, 0.15) is 20.9 Å². The van der Waals surface area contributed by atoms with E-state index in [1.165, 1.54) is 20.5 Å². The van der Waals surface area contributed by atoms with Crippen LogP contribution in [0.5, 0.6) is 11.5 Å². The monoisotopic (exact) mass is 494 g/mol. The van der Waals surface area contributed by atoms with E-state index in [1.807, 2.05) is 24.3 Å². The third-order valence-corrected chi connectivity index (χ3v) is 5.83. The Kier molecular flexibility index (Phi) is 7.51. The molecule has 9 nitrogen and oxygen atoms in total. The predicted molar refractivity (Wildman–Crippen MR) is 136 cm³/mol. The van der Waals surface area contributed by atoms with Crippen molar-refractivity contribution in [1.82, 2.24) is 10.2 Å². The number of hydrogen-bond acceptors (Lipinski definition) is 7. The zero-order valence-corrected chi connectivity index (χ0v) is 20.3. The number of hydrogen-bond donors (Lipinski definition) is 2. The molecule has 10 heteroatoms. The Morgan fingerprint density at radius 3 is 2.17 bits per heavy atom. The molecule has 0 atom stereocenters. The molecule has 2 N–H and O–H groups in total. The first-order chi connectivity index (χ1) is 17.0. The van der Waals surface area contributed by atoms with Crippen LogP contribution in [0, 0.1) is 0 Å². The van der Waals surface area contributed by atoms with Crippen molar-refractivity contribution in [1.29, 1.82) is 0 Å². The molecule has 0 aliphatic carbocycles. The summed E-state index contributed by atoms with van der Waals surface area (Å²) in [4.78, 5) is 29.0. The SMILES string of the molecule is COc1cc(OC)cc(C(=O)NC(=S)Nc2ccc(N3CCN(C(=O)c4ccco4)CC3)cc2)c1. The van der Waals surface area contributed by atoms with Crippen molar-refractivity contribution < 1.29 is 23.5 Å². The van der Waals surface area contributed by atoms with E-state index >= 15 is 0 Å². The number of thiocarbonyl (C=S) groups is 1. The maximum absolute atomic E-state index is 12.6. The Balaban J connectivity index is 1.29. The molecule has 1 fully saturated rings. The number of nitrogens with zero attached hydrogens (tertiary/aromatic N) is 2. The number of furan rings is 1. The molecule has 4 rings (SSSR count). The van der Waals surface area contributed by atoms with Gasteiger partial charge in [0.2, 0.25) is 0 Å². The molecule has 0 spiro atoms. The zero-order chi connectivity index (χ0) is 24.8. The summed E-state index contributed by atoms with van der Waals surface area (Å²) in [6.45, 7) is 2.67. The standard InChI is InChI=1S/C25H26N4O5S/c1-32-20-14-17(15-21(16-20)33-2)23(30)27-25(35)26-18-5-7-19(8-6-18)28-9-11-29(12-10-28)24(31)22-4-3-13-34-22/h3-8,13-16H,9-12H2,1-2H3,(H2,26,27,30,35). The highest BCUT2D eigenvalue weighted by Gasteiger charge is 2.23. The molecule has 0 unspecified atom stereocenters. The van der Waals surface area contributed by atoms with E-state index in [9.17, 15) is 9.59 Å². The first-order valence-corrected chi connectivity index (χ1v) is 11.4. The molecule has 0 bridgehead atoms. The Morgan fingerprint density at radius 1 is 0.943 bits per heavy atom. The van der Waals surface area contributed by atoms with Crippen LogP contribution < -0.4 is 25.0 Å². The fourth-order valence-corrected chi connectivity index (χ4v) is 3.97. The van der Waals surface area contributed by atoms with E-state index in [0.29, 0.717) is 35.9 Å². The van der Waals surface area contributed by atoms with E-state index in [4.69, 9.17) is 26.1 Å². The van der Waals surface area contributed by atoms with Gasteiger partial charge in [-0.15, -0.1) is 0 Å². The fraction of sp³-hybridized carbons (Fsp3) is 0.240. The molecular formula is C25H26N4O5S. The third-order valence-electron chi connectivity index (χ3n) is 5.63. The van der Waals surface area contributed by atoms with Gasteiger partial charge >= 0.3 is 0 Å². The van der Waals surface area contributed by atoms with Crippen molar-refractivity contribution in [2.75, 3.05) is 50.6 Å². The van der Waals surface area contributed by atoms with Crippen molar-refractivity contribution in [3.8, 4) is 11.5 Å². The van der Waals surface area contributed by atoms with Crippen molar-refractivity contribution in [3.05, 3.63) is 72.2 Å². The normalized spacial score (nSPS) is 13.2. The Labute approximate surface area is 208 Å². The number of rotatable bonds is 6. The van der Waals surface area contributed by atoms with E-state index in [2.05, 4.69) is 15.5 Å². The summed E-state index contributed by atoms with van der Waals surface area (Å²) in [5, 5.41) is 5.87. The van der Waals surface area contributed by atoms with Crippen molar-refractivity contribution in [2.24, 2.45) is 0 Å². The lowest BCUT2D eigenvalue weighted by molar-refractivity contribution is 0.0714. The maximum Gasteiger partial charge on any atom is 0.289 e. The van der Waals surface area contributed by atoms with E-state index in [-0.39, 0.29) is 16.9 Å². The largest absolute Gasteiger partial charge is 0.497 e. The molecule has 1 saturated heterocycles. The smallest absolute Gasteiger partial charge is 0.289 e. The topological polar surface area (TPSA) is 96.3 Å². The van der Waals surface area contributed by atoms with Crippen molar-refractivity contribution in [2.45, 2.75) is 0 Å². The molecular weight excluding hydrogens is 468 g/mol. The number of carbonyl (C=O) groups excluding carboxylic acids is 2. The number of methoxy groups -OCH3 is 2. The van der Waals surface area contributed by atoms with Gasteiger partial charge < -0.3 is 29.0 Å². The van der Waals surface area contributed by atoms with E-state index in [0.717, 1.165) is 24.5 Å². The first-order valence-electron chi connectivity index (χ1n) is 11.0. The lowest BCUT2D eigenvalue weighted by Crippen LogP contribution is -2.48. The molecule has 3 aromatic rings. The van der Waals surface area contributed by atoms with Crippen LogP contribution in [-0.2, 0) is 0 Å². The Morgan fingerprint density at radius 2 is 1.60 bits per heavy atom. The Hall–Kier alpha value is -4.05. The zero-order valence-electron chi connectivity index (χ0n) is 19.4. The molecule has 1 aromatic heterocycles. The van der Waals surface area contributed by atoms with E-state index < -0.39 is 0 Å². The second-order valence-corrected chi connectivity index (χ2v) is 8.22. The summed E-state index contributed by atoms with van der Waals surface area (Å²) in [5.74, 6) is 0.920. The average Bonchev–Trinajstić information content (AvgIpc) is 3.43. The summed E-state index contributed by atoms with van der Waals surface area (Å²) in [6, 6.07) is 16.0. The summed E-state index contributed by atoms with van der Waals surface area (Å²) in [5.41, 5.74) is 2.15.